The highest BCUT2D eigenvalue weighted by Gasteiger charge is 2.20. The number of rotatable bonds is 3. The van der Waals surface area contributed by atoms with E-state index in [-0.39, 0.29) is 0 Å². The molecule has 1 unspecified atom stereocenters. The Hall–Kier alpha value is -0.845. The number of hydrogen-bond donors (Lipinski definition) is 1. The van der Waals surface area contributed by atoms with Gasteiger partial charge in [-0.05, 0) is 6.42 Å². The van der Waals surface area contributed by atoms with E-state index in [1.165, 1.54) is 30.0 Å². The number of halogens is 4. The van der Waals surface area contributed by atoms with Crippen molar-refractivity contribution in [2.24, 2.45) is 4.99 Å². The van der Waals surface area contributed by atoms with Gasteiger partial charge in [-0.15, -0.1) is 0 Å². The molecule has 1 atom stereocenters. The fraction of sp³-hybridized carbons (Fsp3) is 0.625. The van der Waals surface area contributed by atoms with Crippen molar-refractivity contribution in [3.05, 3.63) is 11.9 Å². The van der Waals surface area contributed by atoms with Crippen LogP contribution in [0.15, 0.2) is 16.9 Å². The van der Waals surface area contributed by atoms with Gasteiger partial charge in [0.05, 0.1) is 12.7 Å². The summed E-state index contributed by atoms with van der Waals surface area (Å²) < 4.78 is 39.0. The molecule has 0 saturated carbocycles. The van der Waals surface area contributed by atoms with Gasteiger partial charge < -0.3 is 17.3 Å². The van der Waals surface area contributed by atoms with Crippen LogP contribution >= 0.6 is 0 Å². The first-order valence-electron chi connectivity index (χ1n) is 4.78. The van der Waals surface area contributed by atoms with Crippen LogP contribution in [-0.4, -0.2) is 20.1 Å². The van der Waals surface area contributed by atoms with Crippen molar-refractivity contribution in [1.82, 2.24) is 0 Å². The lowest BCUT2D eigenvalue weighted by Crippen LogP contribution is -3.08. The fourth-order valence-corrected chi connectivity index (χ4v) is 1.05. The zero-order chi connectivity index (χ0) is 11.9. The molecule has 0 aromatic rings. The quantitative estimate of drug-likeness (QED) is 0.558. The Bertz CT molecular complexity index is 231. The molecule has 0 radical (unpaired) electrons. The second-order valence-electron chi connectivity index (χ2n) is 3.21. The Morgan fingerprint density at radius 2 is 1.87 bits per heavy atom. The van der Waals surface area contributed by atoms with Gasteiger partial charge in [0.15, 0.2) is 6.34 Å². The van der Waals surface area contributed by atoms with E-state index in [1.807, 2.05) is 12.5 Å². The molecule has 0 spiro atoms. The summed E-state index contributed by atoms with van der Waals surface area (Å²) in [6, 6.07) is 0. The van der Waals surface area contributed by atoms with Gasteiger partial charge in [-0.2, -0.15) is 0 Å². The minimum atomic E-state index is -6.00. The SMILES string of the molecule is CCCC[NH+]1C=NC=C1C.F[B-](F)(F)F. The zero-order valence-electron chi connectivity index (χ0n) is 8.81. The Morgan fingerprint density at radius 3 is 2.20 bits per heavy atom. The number of allylic oxidation sites excluding steroid dienone is 1. The summed E-state index contributed by atoms with van der Waals surface area (Å²) >= 11 is 0. The largest absolute Gasteiger partial charge is 0.673 e. The van der Waals surface area contributed by atoms with Gasteiger partial charge in [-0.25, -0.2) is 4.99 Å². The first-order valence-corrected chi connectivity index (χ1v) is 4.78. The average Bonchev–Trinajstić information content (AvgIpc) is 2.45. The van der Waals surface area contributed by atoms with Crippen molar-refractivity contribution in [3.8, 4) is 0 Å². The molecule has 1 aliphatic rings. The fourth-order valence-electron chi connectivity index (χ4n) is 1.05. The average molecular weight is 226 g/mol. The van der Waals surface area contributed by atoms with E-state index in [9.17, 15) is 17.3 Å². The first-order chi connectivity index (χ1) is 6.84. The van der Waals surface area contributed by atoms with Crippen LogP contribution in [0, 0.1) is 0 Å². The molecule has 88 valence electrons. The lowest BCUT2D eigenvalue weighted by Gasteiger charge is -2.07. The minimum absolute atomic E-state index is 1.20. The molecule has 0 bridgehead atoms. The molecule has 1 rings (SSSR count). The summed E-state index contributed by atoms with van der Waals surface area (Å²) in [7, 11) is -6.00. The smallest absolute Gasteiger partial charge is 0.418 e. The van der Waals surface area contributed by atoms with Gasteiger partial charge in [0.25, 0.3) is 0 Å². The van der Waals surface area contributed by atoms with Crippen molar-refractivity contribution in [2.45, 2.75) is 26.7 Å². The molecular weight excluding hydrogens is 211 g/mol. The molecule has 0 aliphatic carbocycles. The van der Waals surface area contributed by atoms with Crippen LogP contribution in [0.3, 0.4) is 0 Å². The van der Waals surface area contributed by atoms with E-state index in [0.717, 1.165) is 0 Å². The van der Waals surface area contributed by atoms with Gasteiger partial charge in [0, 0.05) is 6.92 Å². The van der Waals surface area contributed by atoms with Crippen LogP contribution in [0.1, 0.15) is 26.7 Å². The summed E-state index contributed by atoms with van der Waals surface area (Å²) in [5.74, 6) is 0. The minimum Gasteiger partial charge on any atom is -0.418 e. The van der Waals surface area contributed by atoms with Crippen LogP contribution < -0.4 is 4.90 Å². The molecule has 1 heterocycles. The number of nitrogens with zero attached hydrogens (tertiary/aromatic N) is 1. The summed E-state index contributed by atoms with van der Waals surface area (Å²) in [5.41, 5.74) is 1.34. The third-order valence-electron chi connectivity index (χ3n) is 1.80. The topological polar surface area (TPSA) is 16.8 Å². The number of hydrogen-bond acceptors (Lipinski definition) is 1. The normalized spacial score (nSPS) is 19.6. The van der Waals surface area contributed by atoms with Crippen molar-refractivity contribution >= 4 is 13.6 Å². The third kappa shape index (κ3) is 9.46. The van der Waals surface area contributed by atoms with Crippen molar-refractivity contribution < 1.29 is 22.2 Å². The monoisotopic (exact) mass is 226 g/mol. The van der Waals surface area contributed by atoms with Gasteiger partial charge in [-0.1, -0.05) is 13.3 Å². The van der Waals surface area contributed by atoms with Gasteiger partial charge in [0.1, 0.15) is 5.70 Å². The summed E-state index contributed by atoms with van der Waals surface area (Å²) in [6.07, 6.45) is 6.47. The maximum absolute atomic E-state index is 9.75. The van der Waals surface area contributed by atoms with E-state index >= 15 is 0 Å². The summed E-state index contributed by atoms with van der Waals surface area (Å²) in [4.78, 5) is 5.49. The van der Waals surface area contributed by atoms with Crippen LogP contribution in [0.2, 0.25) is 0 Å². The molecule has 0 saturated heterocycles. The van der Waals surface area contributed by atoms with E-state index < -0.39 is 7.25 Å². The highest BCUT2D eigenvalue weighted by Crippen LogP contribution is 2.06. The maximum atomic E-state index is 9.75. The maximum Gasteiger partial charge on any atom is 0.673 e. The lowest BCUT2D eigenvalue weighted by atomic mass is 10.3. The Kier molecular flexibility index (Phi) is 6.23. The third-order valence-corrected chi connectivity index (χ3v) is 1.80. The number of aliphatic imine (C=N–C) groups is 1. The Balaban J connectivity index is 0.000000336. The molecule has 0 aromatic heterocycles. The zero-order valence-corrected chi connectivity index (χ0v) is 8.81. The molecule has 0 aromatic carbocycles. The summed E-state index contributed by atoms with van der Waals surface area (Å²) in [5, 5.41) is 0. The molecule has 1 aliphatic heterocycles. The molecule has 7 heteroatoms. The van der Waals surface area contributed by atoms with Crippen LogP contribution in [-0.2, 0) is 0 Å². The van der Waals surface area contributed by atoms with Crippen LogP contribution in [0.25, 0.3) is 0 Å². The second-order valence-corrected chi connectivity index (χ2v) is 3.21. The van der Waals surface area contributed by atoms with Gasteiger partial charge in [-0.3, -0.25) is 4.90 Å². The van der Waals surface area contributed by atoms with Gasteiger partial charge >= 0.3 is 7.25 Å². The molecule has 2 nitrogen and oxygen atoms in total. The van der Waals surface area contributed by atoms with Gasteiger partial charge in [0.2, 0.25) is 0 Å². The standard InChI is InChI=1S/C8H14N2.BF4/c1-3-4-5-10-7-9-6-8(10)2;2-1(3,4)5/h6-7H,3-5H2,1-2H3;/q;-1/p+1. The van der Waals surface area contributed by atoms with E-state index in [2.05, 4.69) is 18.8 Å². The molecule has 0 fully saturated rings. The Morgan fingerprint density at radius 1 is 1.33 bits per heavy atom. The number of nitrogens with one attached hydrogen (secondary N) is 1. The second kappa shape index (κ2) is 6.60. The van der Waals surface area contributed by atoms with E-state index in [1.54, 1.807) is 0 Å². The lowest BCUT2D eigenvalue weighted by molar-refractivity contribution is -0.752. The number of quaternary nitrogens is 1. The van der Waals surface area contributed by atoms with E-state index in [0.29, 0.717) is 0 Å². The molecule has 15 heavy (non-hydrogen) atoms. The van der Waals surface area contributed by atoms with Crippen molar-refractivity contribution in [1.29, 1.82) is 0 Å². The predicted molar refractivity (Wildman–Crippen MR) is 53.2 cm³/mol. The van der Waals surface area contributed by atoms with Crippen LogP contribution in [0.4, 0.5) is 17.3 Å². The molecule has 1 N–H and O–H groups in total. The summed E-state index contributed by atoms with van der Waals surface area (Å²) in [6.45, 7) is 5.53. The molecular formula is C8H15BF4N2. The number of unbranched alkanes of at least 4 members (excludes halogenated alkanes) is 1. The van der Waals surface area contributed by atoms with E-state index in [4.69, 9.17) is 0 Å². The van der Waals surface area contributed by atoms with Crippen LogP contribution in [0.5, 0.6) is 0 Å². The first kappa shape index (κ1) is 14.2. The highest BCUT2D eigenvalue weighted by atomic mass is 19.5. The molecule has 0 amide bonds. The Labute approximate surface area is 86.8 Å². The van der Waals surface area contributed by atoms with Crippen molar-refractivity contribution in [2.75, 3.05) is 6.54 Å². The highest BCUT2D eigenvalue weighted by molar-refractivity contribution is 6.50. The predicted octanol–water partition coefficient (Wildman–Crippen LogP) is 1.87. The van der Waals surface area contributed by atoms with Crippen molar-refractivity contribution in [3.63, 3.8) is 0 Å².